The van der Waals surface area contributed by atoms with E-state index in [1.165, 1.54) is 24.3 Å². The van der Waals surface area contributed by atoms with Crippen LogP contribution in [-0.4, -0.2) is 39.6 Å². The second-order valence-corrected chi connectivity index (χ2v) is 10.1. The quantitative estimate of drug-likeness (QED) is 0.381. The van der Waals surface area contributed by atoms with Gasteiger partial charge in [0.15, 0.2) is 5.60 Å². The van der Waals surface area contributed by atoms with Gasteiger partial charge in [0.25, 0.3) is 0 Å². The number of aromatic carboxylic acids is 1. The lowest BCUT2D eigenvalue weighted by Crippen LogP contribution is -2.51. The highest BCUT2D eigenvalue weighted by molar-refractivity contribution is 9.10. The smallest absolute Gasteiger partial charge is 0.417 e. The monoisotopic (exact) mass is 525 g/mol. The van der Waals surface area contributed by atoms with Gasteiger partial charge in [-0.2, -0.15) is 13.2 Å². The molecule has 1 aliphatic rings. The lowest BCUT2D eigenvalue weighted by atomic mass is 9.73. The second kappa shape index (κ2) is 8.06. The molecule has 2 heterocycles. The summed E-state index contributed by atoms with van der Waals surface area (Å²) in [7, 11) is 0. The highest BCUT2D eigenvalue weighted by atomic mass is 79.9. The van der Waals surface area contributed by atoms with Crippen molar-refractivity contribution in [1.29, 1.82) is 0 Å². The Morgan fingerprint density at radius 1 is 1.18 bits per heavy atom. The minimum absolute atomic E-state index is 0.0313. The number of nitrogens with one attached hydrogen (secondary N) is 1. The topological polar surface area (TPSA) is 82.5 Å². The predicted molar refractivity (Wildman–Crippen MR) is 121 cm³/mol. The van der Waals surface area contributed by atoms with E-state index < -0.39 is 36.0 Å². The summed E-state index contributed by atoms with van der Waals surface area (Å²) in [5.41, 5.74) is -1.87. The number of rotatable bonds is 6. The molecule has 3 aromatic rings. The number of H-pyrrole nitrogens is 1. The van der Waals surface area contributed by atoms with E-state index in [4.69, 9.17) is 9.84 Å². The zero-order chi connectivity index (χ0) is 24.2. The number of benzene rings is 2. The number of hydrogen-bond donors (Lipinski definition) is 3. The Balaban J connectivity index is 1.70. The van der Waals surface area contributed by atoms with Gasteiger partial charge >= 0.3 is 12.1 Å². The van der Waals surface area contributed by atoms with E-state index in [0.29, 0.717) is 35.2 Å². The molecule has 0 amide bonds. The van der Waals surface area contributed by atoms with Gasteiger partial charge in [-0.05, 0) is 53.8 Å². The molecule has 0 spiro atoms. The molecule has 1 atom stereocenters. The molecule has 4 rings (SSSR count). The molecule has 0 saturated carbocycles. The van der Waals surface area contributed by atoms with Crippen LogP contribution in [0.25, 0.3) is 10.9 Å². The highest BCUT2D eigenvalue weighted by Gasteiger charge is 2.56. The predicted octanol–water partition coefficient (Wildman–Crippen LogP) is 5.77. The molecule has 1 unspecified atom stereocenters. The number of aromatic amines is 1. The first-order valence-electron chi connectivity index (χ1n) is 10.4. The van der Waals surface area contributed by atoms with Crippen LogP contribution in [0, 0.1) is 0 Å². The fourth-order valence-corrected chi connectivity index (χ4v) is 5.10. The van der Waals surface area contributed by atoms with Gasteiger partial charge in [-0.15, -0.1) is 0 Å². The van der Waals surface area contributed by atoms with Crippen LogP contribution >= 0.6 is 15.9 Å². The SMILES string of the molecule is CC(C)(CC(O)(Cc1cc2cc(C(=O)O)ccc2[nH]1)C(F)(F)F)c1cc(Br)cc2c1OCC2. The van der Waals surface area contributed by atoms with Crippen molar-refractivity contribution in [1.82, 2.24) is 4.98 Å². The molecule has 176 valence electrons. The van der Waals surface area contributed by atoms with Crippen LogP contribution in [0.2, 0.25) is 0 Å². The van der Waals surface area contributed by atoms with Crippen molar-refractivity contribution in [3.8, 4) is 5.75 Å². The highest BCUT2D eigenvalue weighted by Crippen LogP contribution is 2.47. The van der Waals surface area contributed by atoms with E-state index in [0.717, 1.165) is 10.0 Å². The van der Waals surface area contributed by atoms with Crippen molar-refractivity contribution in [2.24, 2.45) is 0 Å². The average molecular weight is 526 g/mol. The standard InChI is InChI=1S/C24H23BrF3NO4/c1-22(2,18-10-16(25)8-13-5-6-33-20(13)18)12-23(32,24(26,27)28)11-17-9-15-7-14(21(30)31)3-4-19(15)29-17/h3-4,7-10,29,32H,5-6,11-12H2,1-2H3,(H,30,31). The van der Waals surface area contributed by atoms with Gasteiger partial charge in [0.1, 0.15) is 5.75 Å². The minimum atomic E-state index is -4.90. The van der Waals surface area contributed by atoms with Gasteiger partial charge in [-0.1, -0.05) is 29.8 Å². The minimum Gasteiger partial charge on any atom is -0.493 e. The van der Waals surface area contributed by atoms with Crippen molar-refractivity contribution >= 4 is 32.8 Å². The summed E-state index contributed by atoms with van der Waals surface area (Å²) in [5.74, 6) is -0.545. The summed E-state index contributed by atoms with van der Waals surface area (Å²) in [6.07, 6.45) is -5.52. The van der Waals surface area contributed by atoms with E-state index in [1.807, 2.05) is 6.07 Å². The van der Waals surface area contributed by atoms with Crippen LogP contribution in [-0.2, 0) is 18.3 Å². The Bertz CT molecular complexity index is 1230. The number of carboxylic acid groups (broad SMARTS) is 1. The molecule has 2 aromatic carbocycles. The number of ether oxygens (including phenoxy) is 1. The number of halogens is 4. The van der Waals surface area contributed by atoms with Crippen molar-refractivity contribution in [3.63, 3.8) is 0 Å². The largest absolute Gasteiger partial charge is 0.493 e. The molecule has 0 aliphatic carbocycles. The van der Waals surface area contributed by atoms with Crippen molar-refractivity contribution in [3.05, 3.63) is 63.3 Å². The fraction of sp³-hybridized carbons (Fsp3) is 0.375. The zero-order valence-electron chi connectivity index (χ0n) is 18.0. The summed E-state index contributed by atoms with van der Waals surface area (Å²) in [5, 5.41) is 20.6. The Labute approximate surface area is 196 Å². The Morgan fingerprint density at radius 3 is 2.58 bits per heavy atom. The lowest BCUT2D eigenvalue weighted by Gasteiger charge is -2.38. The van der Waals surface area contributed by atoms with E-state index in [9.17, 15) is 23.1 Å². The first-order chi connectivity index (χ1) is 15.3. The third-order valence-corrected chi connectivity index (χ3v) is 6.60. The number of hydrogen-bond acceptors (Lipinski definition) is 3. The van der Waals surface area contributed by atoms with Crippen LogP contribution in [0.1, 0.15) is 47.4 Å². The number of aliphatic hydroxyl groups is 1. The van der Waals surface area contributed by atoms with Gasteiger partial charge in [0.05, 0.1) is 12.2 Å². The maximum absolute atomic E-state index is 14.2. The Hall–Kier alpha value is -2.52. The summed E-state index contributed by atoms with van der Waals surface area (Å²) in [4.78, 5) is 14.1. The van der Waals surface area contributed by atoms with Gasteiger partial charge in [0.2, 0.25) is 0 Å². The van der Waals surface area contributed by atoms with Crippen LogP contribution in [0.4, 0.5) is 13.2 Å². The first-order valence-corrected chi connectivity index (χ1v) is 11.2. The molecule has 3 N–H and O–H groups in total. The molecule has 5 nitrogen and oxygen atoms in total. The summed E-state index contributed by atoms with van der Waals surface area (Å²) in [6, 6.07) is 9.35. The van der Waals surface area contributed by atoms with Gasteiger partial charge < -0.3 is 19.9 Å². The summed E-state index contributed by atoms with van der Waals surface area (Å²) in [6.45, 7) is 3.79. The number of aromatic nitrogens is 1. The third-order valence-electron chi connectivity index (χ3n) is 6.15. The van der Waals surface area contributed by atoms with Crippen LogP contribution in [0.5, 0.6) is 5.75 Å². The Morgan fingerprint density at radius 2 is 1.91 bits per heavy atom. The summed E-state index contributed by atoms with van der Waals surface area (Å²) >= 11 is 3.43. The third kappa shape index (κ3) is 4.48. The lowest BCUT2D eigenvalue weighted by molar-refractivity contribution is -0.266. The molecule has 0 bridgehead atoms. The molecule has 1 aromatic heterocycles. The van der Waals surface area contributed by atoms with Crippen molar-refractivity contribution < 1.29 is 32.9 Å². The van der Waals surface area contributed by atoms with Crippen LogP contribution in [0.3, 0.4) is 0 Å². The first kappa shape index (κ1) is 23.6. The molecule has 9 heteroatoms. The molecule has 0 fully saturated rings. The van der Waals surface area contributed by atoms with Crippen molar-refractivity contribution in [2.75, 3.05) is 6.61 Å². The van der Waals surface area contributed by atoms with Gasteiger partial charge in [-0.3, -0.25) is 0 Å². The van der Waals surface area contributed by atoms with E-state index in [1.54, 1.807) is 19.9 Å². The van der Waals surface area contributed by atoms with Gasteiger partial charge in [-0.25, -0.2) is 4.79 Å². The molecular weight excluding hydrogens is 503 g/mol. The Kier molecular flexibility index (Phi) is 5.77. The zero-order valence-corrected chi connectivity index (χ0v) is 19.6. The van der Waals surface area contributed by atoms with Crippen LogP contribution in [0.15, 0.2) is 40.9 Å². The number of alkyl halides is 3. The number of carbonyl (C=O) groups is 1. The van der Waals surface area contributed by atoms with E-state index >= 15 is 0 Å². The molecule has 33 heavy (non-hydrogen) atoms. The number of carboxylic acids is 1. The molecule has 0 saturated heterocycles. The number of fused-ring (bicyclic) bond motifs is 2. The van der Waals surface area contributed by atoms with E-state index in [-0.39, 0.29) is 11.3 Å². The average Bonchev–Trinajstić information content (AvgIpc) is 3.30. The maximum atomic E-state index is 14.2. The maximum Gasteiger partial charge on any atom is 0.417 e. The molecule has 1 aliphatic heterocycles. The van der Waals surface area contributed by atoms with Crippen molar-refractivity contribution in [2.45, 2.75) is 50.3 Å². The second-order valence-electron chi connectivity index (χ2n) is 9.21. The van der Waals surface area contributed by atoms with Crippen LogP contribution < -0.4 is 4.74 Å². The fourth-order valence-electron chi connectivity index (χ4n) is 4.60. The van der Waals surface area contributed by atoms with Gasteiger partial charge in [0, 0.05) is 39.5 Å². The summed E-state index contributed by atoms with van der Waals surface area (Å²) < 4.78 is 49.2. The molecular formula is C24H23BrF3NO4. The molecule has 0 radical (unpaired) electrons. The normalized spacial score (nSPS) is 15.8. The van der Waals surface area contributed by atoms with E-state index in [2.05, 4.69) is 20.9 Å².